The molecule has 0 aliphatic carbocycles. The summed E-state index contributed by atoms with van der Waals surface area (Å²) < 4.78 is 0. The van der Waals surface area contributed by atoms with Crippen LogP contribution in [-0.4, -0.2) is 12.4 Å². The summed E-state index contributed by atoms with van der Waals surface area (Å²) in [6.07, 6.45) is 2.32. The molecule has 0 aliphatic rings. The summed E-state index contributed by atoms with van der Waals surface area (Å²) in [5.41, 5.74) is 7.80. The molecular weight excluding hydrogens is 102 g/mol. The van der Waals surface area contributed by atoms with Gasteiger partial charge in [0, 0.05) is 6.04 Å². The molecule has 8 heavy (non-hydrogen) atoms. The van der Waals surface area contributed by atoms with Gasteiger partial charge in [0.15, 0.2) is 0 Å². The Hall–Kier alpha value is -0.730. The minimum atomic E-state index is 0.426. The first kappa shape index (κ1) is 7.27. The molecule has 3 nitrogen and oxygen atoms in total. The van der Waals surface area contributed by atoms with Crippen LogP contribution in [0.15, 0.2) is 5.10 Å². The zero-order valence-corrected chi connectivity index (χ0v) is 5.39. The Morgan fingerprint density at radius 2 is 2.50 bits per heavy atom. The fraction of sp³-hybridized carbons (Fsp3) is 0.800. The van der Waals surface area contributed by atoms with E-state index in [0.717, 1.165) is 6.42 Å². The van der Waals surface area contributed by atoms with Crippen molar-refractivity contribution in [1.82, 2.24) is 5.43 Å². The lowest BCUT2D eigenvalue weighted by Crippen LogP contribution is -2.19. The summed E-state index contributed by atoms with van der Waals surface area (Å²) in [4.78, 5) is 0. The van der Waals surface area contributed by atoms with E-state index in [1.807, 2.05) is 6.92 Å². The molecule has 0 amide bonds. The van der Waals surface area contributed by atoms with E-state index in [1.54, 1.807) is 0 Å². The average Bonchev–Trinajstić information content (AvgIpc) is 1.83. The van der Waals surface area contributed by atoms with Gasteiger partial charge in [-0.2, -0.15) is 5.10 Å². The van der Waals surface area contributed by atoms with E-state index in [1.165, 1.54) is 6.34 Å². The molecule has 0 aromatic rings. The zero-order chi connectivity index (χ0) is 6.41. The SMILES string of the molecule is CCC(C)N/N=C\N. The predicted molar refractivity (Wildman–Crippen MR) is 35.6 cm³/mol. The molecule has 3 N–H and O–H groups in total. The Labute approximate surface area is 50.0 Å². The monoisotopic (exact) mass is 115 g/mol. The largest absolute Gasteiger partial charge is 0.388 e. The lowest BCUT2D eigenvalue weighted by molar-refractivity contribution is 0.559. The van der Waals surface area contributed by atoms with Crippen LogP contribution in [-0.2, 0) is 0 Å². The lowest BCUT2D eigenvalue weighted by Gasteiger charge is -2.04. The van der Waals surface area contributed by atoms with Crippen LogP contribution >= 0.6 is 0 Å². The second-order valence-electron chi connectivity index (χ2n) is 1.72. The van der Waals surface area contributed by atoms with Crippen LogP contribution < -0.4 is 11.2 Å². The van der Waals surface area contributed by atoms with Crippen molar-refractivity contribution in [2.24, 2.45) is 10.8 Å². The fourth-order valence-corrected chi connectivity index (χ4v) is 0.262. The van der Waals surface area contributed by atoms with Crippen molar-refractivity contribution >= 4 is 6.34 Å². The van der Waals surface area contributed by atoms with Gasteiger partial charge in [0.2, 0.25) is 0 Å². The van der Waals surface area contributed by atoms with Gasteiger partial charge < -0.3 is 11.2 Å². The number of nitrogens with one attached hydrogen (secondary N) is 1. The smallest absolute Gasteiger partial charge is 0.106 e. The predicted octanol–water partition coefficient (Wildman–Crippen LogP) is 0.277. The van der Waals surface area contributed by atoms with Gasteiger partial charge in [-0.05, 0) is 13.3 Å². The van der Waals surface area contributed by atoms with Gasteiger partial charge in [-0.25, -0.2) is 0 Å². The lowest BCUT2D eigenvalue weighted by atomic mass is 10.3. The minimum Gasteiger partial charge on any atom is -0.388 e. The third-order valence-electron chi connectivity index (χ3n) is 0.982. The maximum absolute atomic E-state index is 4.98. The van der Waals surface area contributed by atoms with Crippen molar-refractivity contribution in [3.8, 4) is 0 Å². The van der Waals surface area contributed by atoms with Gasteiger partial charge in [-0.15, -0.1) is 0 Å². The molecule has 0 radical (unpaired) electrons. The normalized spacial score (nSPS) is 14.2. The summed E-state index contributed by atoms with van der Waals surface area (Å²) in [7, 11) is 0. The molecule has 0 rings (SSSR count). The Morgan fingerprint density at radius 3 is 2.88 bits per heavy atom. The maximum atomic E-state index is 4.98. The van der Waals surface area contributed by atoms with Gasteiger partial charge in [0.1, 0.15) is 6.34 Å². The quantitative estimate of drug-likeness (QED) is 0.315. The number of rotatable bonds is 3. The standard InChI is InChI=1S/C5H13N3/c1-3-5(2)8-7-4-6/h4-5,8H,3H2,1-2H3,(H2,6,7). The Balaban J connectivity index is 3.10. The van der Waals surface area contributed by atoms with Gasteiger partial charge in [0.25, 0.3) is 0 Å². The molecule has 0 aliphatic heterocycles. The molecule has 0 saturated heterocycles. The first-order valence-corrected chi connectivity index (χ1v) is 2.80. The Kier molecular flexibility index (Phi) is 4.03. The first-order chi connectivity index (χ1) is 3.81. The van der Waals surface area contributed by atoms with E-state index in [9.17, 15) is 0 Å². The van der Waals surface area contributed by atoms with E-state index >= 15 is 0 Å². The van der Waals surface area contributed by atoms with E-state index in [4.69, 9.17) is 5.73 Å². The second kappa shape index (κ2) is 4.43. The van der Waals surface area contributed by atoms with Crippen molar-refractivity contribution in [1.29, 1.82) is 0 Å². The molecule has 0 heterocycles. The van der Waals surface area contributed by atoms with Gasteiger partial charge in [-0.1, -0.05) is 6.92 Å². The average molecular weight is 115 g/mol. The molecule has 0 saturated carbocycles. The second-order valence-corrected chi connectivity index (χ2v) is 1.72. The number of nitrogens with zero attached hydrogens (tertiary/aromatic N) is 1. The van der Waals surface area contributed by atoms with Gasteiger partial charge >= 0.3 is 0 Å². The molecule has 0 aromatic heterocycles. The van der Waals surface area contributed by atoms with Crippen molar-refractivity contribution in [2.45, 2.75) is 26.3 Å². The third kappa shape index (κ3) is 3.46. The van der Waals surface area contributed by atoms with Crippen LogP contribution in [0.4, 0.5) is 0 Å². The van der Waals surface area contributed by atoms with Crippen LogP contribution in [0.25, 0.3) is 0 Å². The summed E-state index contributed by atoms with van der Waals surface area (Å²) in [6, 6.07) is 0.426. The van der Waals surface area contributed by atoms with Crippen molar-refractivity contribution < 1.29 is 0 Å². The van der Waals surface area contributed by atoms with Crippen molar-refractivity contribution in [2.75, 3.05) is 0 Å². The van der Waals surface area contributed by atoms with E-state index in [-0.39, 0.29) is 0 Å². The molecule has 48 valence electrons. The molecule has 0 aromatic carbocycles. The van der Waals surface area contributed by atoms with Gasteiger partial charge in [0.05, 0.1) is 0 Å². The fourth-order valence-electron chi connectivity index (χ4n) is 0.262. The number of hydrogen-bond donors (Lipinski definition) is 2. The highest BCUT2D eigenvalue weighted by atomic mass is 15.3. The highest BCUT2D eigenvalue weighted by molar-refractivity contribution is 5.50. The van der Waals surface area contributed by atoms with Crippen LogP contribution in [0.5, 0.6) is 0 Å². The van der Waals surface area contributed by atoms with Gasteiger partial charge in [-0.3, -0.25) is 0 Å². The van der Waals surface area contributed by atoms with E-state index in [2.05, 4.69) is 17.5 Å². The van der Waals surface area contributed by atoms with Crippen LogP contribution in [0, 0.1) is 0 Å². The van der Waals surface area contributed by atoms with Crippen molar-refractivity contribution in [3.05, 3.63) is 0 Å². The highest BCUT2D eigenvalue weighted by Gasteiger charge is 1.89. The molecular formula is C5H13N3. The molecule has 0 spiro atoms. The summed E-state index contributed by atoms with van der Waals surface area (Å²) in [5, 5.41) is 3.65. The molecule has 0 bridgehead atoms. The van der Waals surface area contributed by atoms with Crippen LogP contribution in [0.2, 0.25) is 0 Å². The molecule has 0 fully saturated rings. The Bertz CT molecular complexity index is 70.1. The summed E-state index contributed by atoms with van der Waals surface area (Å²) >= 11 is 0. The number of hydrogen-bond acceptors (Lipinski definition) is 2. The molecule has 3 heteroatoms. The third-order valence-corrected chi connectivity index (χ3v) is 0.982. The topological polar surface area (TPSA) is 50.4 Å². The molecule has 1 atom stereocenters. The maximum Gasteiger partial charge on any atom is 0.106 e. The summed E-state index contributed by atoms with van der Waals surface area (Å²) in [5.74, 6) is 0. The summed E-state index contributed by atoms with van der Waals surface area (Å²) in [6.45, 7) is 4.14. The Morgan fingerprint density at radius 1 is 1.88 bits per heavy atom. The zero-order valence-electron chi connectivity index (χ0n) is 5.39. The number of hydrazone groups is 1. The highest BCUT2D eigenvalue weighted by Crippen LogP contribution is 1.84. The first-order valence-electron chi connectivity index (χ1n) is 2.80. The van der Waals surface area contributed by atoms with E-state index in [0.29, 0.717) is 6.04 Å². The van der Waals surface area contributed by atoms with Crippen LogP contribution in [0.1, 0.15) is 20.3 Å². The van der Waals surface area contributed by atoms with Crippen LogP contribution in [0.3, 0.4) is 0 Å². The van der Waals surface area contributed by atoms with E-state index < -0.39 is 0 Å². The minimum absolute atomic E-state index is 0.426. The molecule has 1 unspecified atom stereocenters. The number of nitrogens with two attached hydrogens (primary N) is 1. The van der Waals surface area contributed by atoms with Crippen molar-refractivity contribution in [3.63, 3.8) is 0 Å².